The fourth-order valence-corrected chi connectivity index (χ4v) is 4.59. The molecule has 0 saturated heterocycles. The summed E-state index contributed by atoms with van der Waals surface area (Å²) in [7, 11) is 0. The van der Waals surface area contributed by atoms with Gasteiger partial charge in [-0.25, -0.2) is 0 Å². The van der Waals surface area contributed by atoms with Crippen molar-refractivity contribution >= 4 is 39.2 Å². The number of thioether (sulfide) groups is 1. The highest BCUT2D eigenvalue weighted by Crippen LogP contribution is 2.20. The topological polar surface area (TPSA) is 34.4 Å². The number of aryl methyl sites for hydroxylation is 1. The summed E-state index contributed by atoms with van der Waals surface area (Å²) in [4.78, 5) is 17.5. The van der Waals surface area contributed by atoms with Crippen LogP contribution in [0, 0.1) is 0 Å². The van der Waals surface area contributed by atoms with Gasteiger partial charge >= 0.3 is 0 Å². The lowest BCUT2D eigenvalue weighted by molar-refractivity contribution is -0.115. The summed E-state index contributed by atoms with van der Waals surface area (Å²) in [5, 5.41) is 0. The molecule has 3 aromatic rings. The molecule has 0 fully saturated rings. The zero-order chi connectivity index (χ0) is 18.4. The van der Waals surface area contributed by atoms with E-state index in [1.54, 1.807) is 23.1 Å². The Labute approximate surface area is 162 Å². The minimum atomic E-state index is -0.0917. The number of hydrogen-bond acceptors (Lipinski definition) is 3. The van der Waals surface area contributed by atoms with Crippen molar-refractivity contribution in [3.63, 3.8) is 0 Å². The number of hydrogen-bond donors (Lipinski definition) is 0. The van der Waals surface area contributed by atoms with Crippen molar-refractivity contribution in [2.24, 2.45) is 4.99 Å². The minimum Gasteiger partial charge on any atom is -0.313 e. The zero-order valence-corrected chi connectivity index (χ0v) is 16.5. The molecule has 3 nitrogen and oxygen atoms in total. The van der Waals surface area contributed by atoms with E-state index in [4.69, 9.17) is 0 Å². The Balaban J connectivity index is 1.79. The molecule has 0 aliphatic carbocycles. The number of amides is 1. The van der Waals surface area contributed by atoms with Gasteiger partial charge in [-0.05, 0) is 29.7 Å². The quantitative estimate of drug-likeness (QED) is 0.550. The van der Waals surface area contributed by atoms with Gasteiger partial charge in [-0.2, -0.15) is 4.99 Å². The van der Waals surface area contributed by atoms with E-state index in [1.807, 2.05) is 24.3 Å². The number of carbonyl (C=O) groups excluding carboxylic acids is 1. The first-order valence-corrected chi connectivity index (χ1v) is 10.6. The second-order valence-electron chi connectivity index (χ2n) is 5.92. The Morgan fingerprint density at radius 1 is 1.23 bits per heavy atom. The maximum Gasteiger partial charge on any atom is 0.258 e. The van der Waals surface area contributed by atoms with Crippen LogP contribution in [0.15, 0.2) is 66.2 Å². The zero-order valence-electron chi connectivity index (χ0n) is 14.9. The summed E-state index contributed by atoms with van der Waals surface area (Å²) < 4.78 is 3.22. The lowest BCUT2D eigenvalue weighted by atomic mass is 10.2. The molecule has 0 bridgehead atoms. The highest BCUT2D eigenvalue weighted by Gasteiger charge is 2.08. The van der Waals surface area contributed by atoms with E-state index < -0.39 is 0 Å². The fourth-order valence-electron chi connectivity index (χ4n) is 2.70. The number of fused-ring (bicyclic) bond motifs is 1. The molecule has 2 aromatic carbocycles. The maximum atomic E-state index is 12.3. The van der Waals surface area contributed by atoms with Gasteiger partial charge in [0, 0.05) is 12.3 Å². The third-order valence-electron chi connectivity index (χ3n) is 4.02. The van der Waals surface area contributed by atoms with E-state index in [2.05, 4.69) is 53.4 Å². The maximum absolute atomic E-state index is 12.3. The first-order chi connectivity index (χ1) is 12.7. The van der Waals surface area contributed by atoms with Crippen molar-refractivity contribution in [1.82, 2.24) is 4.57 Å². The summed E-state index contributed by atoms with van der Waals surface area (Å²) in [6, 6.07) is 16.6. The van der Waals surface area contributed by atoms with E-state index >= 15 is 0 Å². The highest BCUT2D eigenvalue weighted by molar-refractivity contribution is 7.99. The Hall–Kier alpha value is -2.11. The smallest absolute Gasteiger partial charge is 0.258 e. The molecule has 0 unspecified atom stereocenters. The first kappa shape index (κ1) is 18.7. The normalized spacial score (nSPS) is 11.8. The molecule has 0 radical (unpaired) electrons. The van der Waals surface area contributed by atoms with E-state index in [1.165, 1.54) is 11.1 Å². The van der Waals surface area contributed by atoms with Crippen molar-refractivity contribution in [3.8, 4) is 0 Å². The van der Waals surface area contributed by atoms with Gasteiger partial charge in [-0.15, -0.1) is 18.3 Å². The van der Waals surface area contributed by atoms with E-state index in [0.29, 0.717) is 12.3 Å². The van der Waals surface area contributed by atoms with Gasteiger partial charge in [0.05, 0.1) is 16.0 Å². The SMILES string of the molecule is C=CCn1c(=NC(=O)CSCc2ccccc2)sc2cc(CC)ccc21. The van der Waals surface area contributed by atoms with Crippen LogP contribution in [0.3, 0.4) is 0 Å². The number of benzene rings is 2. The number of thiazole rings is 1. The lowest BCUT2D eigenvalue weighted by Gasteiger charge is -2.02. The van der Waals surface area contributed by atoms with Gasteiger partial charge in [-0.3, -0.25) is 4.79 Å². The van der Waals surface area contributed by atoms with Gasteiger partial charge in [0.2, 0.25) is 0 Å². The highest BCUT2D eigenvalue weighted by atomic mass is 32.2. The van der Waals surface area contributed by atoms with Gasteiger partial charge < -0.3 is 4.57 Å². The minimum absolute atomic E-state index is 0.0917. The van der Waals surface area contributed by atoms with Crippen LogP contribution >= 0.6 is 23.1 Å². The standard InChI is InChI=1S/C21H22N2OS2/c1-3-12-23-18-11-10-16(4-2)13-19(18)26-21(23)22-20(24)15-25-14-17-8-6-5-7-9-17/h3,5-11,13H,1,4,12,14-15H2,2H3. The van der Waals surface area contributed by atoms with Crippen LogP contribution in [-0.2, 0) is 23.5 Å². The summed E-state index contributed by atoms with van der Waals surface area (Å²) in [5.74, 6) is 1.12. The van der Waals surface area contributed by atoms with Crippen molar-refractivity contribution in [3.05, 3.63) is 77.1 Å². The molecule has 1 aromatic heterocycles. The average molecular weight is 383 g/mol. The van der Waals surface area contributed by atoms with Gasteiger partial charge in [0.1, 0.15) is 0 Å². The molecule has 0 N–H and O–H groups in total. The second kappa shape index (κ2) is 9.01. The van der Waals surface area contributed by atoms with Gasteiger partial charge in [-0.1, -0.05) is 60.7 Å². The van der Waals surface area contributed by atoms with E-state index in [0.717, 1.165) is 27.2 Å². The van der Waals surface area contributed by atoms with Crippen molar-refractivity contribution in [2.75, 3.05) is 5.75 Å². The molecule has 5 heteroatoms. The Bertz CT molecular complexity index is 971. The molecule has 0 aliphatic heterocycles. The average Bonchev–Trinajstić information content (AvgIpc) is 2.99. The van der Waals surface area contributed by atoms with Crippen molar-refractivity contribution in [1.29, 1.82) is 0 Å². The summed E-state index contributed by atoms with van der Waals surface area (Å²) in [6.07, 6.45) is 2.84. The largest absolute Gasteiger partial charge is 0.313 e. The van der Waals surface area contributed by atoms with Crippen molar-refractivity contribution in [2.45, 2.75) is 25.6 Å². The first-order valence-electron chi connectivity index (χ1n) is 8.63. The number of rotatable bonds is 7. The summed E-state index contributed by atoms with van der Waals surface area (Å²) in [5.41, 5.74) is 3.62. The predicted octanol–water partition coefficient (Wildman–Crippen LogP) is 4.81. The Kier molecular flexibility index (Phi) is 6.47. The molecule has 134 valence electrons. The molecular formula is C21H22N2OS2. The monoisotopic (exact) mass is 382 g/mol. The van der Waals surface area contributed by atoms with Crippen LogP contribution < -0.4 is 4.80 Å². The molecule has 1 amide bonds. The van der Waals surface area contributed by atoms with Crippen LogP contribution in [0.25, 0.3) is 10.2 Å². The predicted molar refractivity (Wildman–Crippen MR) is 113 cm³/mol. The Morgan fingerprint density at radius 3 is 2.77 bits per heavy atom. The third-order valence-corrected chi connectivity index (χ3v) is 6.05. The number of nitrogens with zero attached hydrogens (tertiary/aromatic N) is 2. The van der Waals surface area contributed by atoms with Crippen LogP contribution in [0.1, 0.15) is 18.1 Å². The molecule has 1 heterocycles. The number of carbonyl (C=O) groups is 1. The number of allylic oxidation sites excluding steroid dienone is 1. The molecule has 0 aliphatic rings. The molecule has 0 saturated carbocycles. The second-order valence-corrected chi connectivity index (χ2v) is 7.92. The summed E-state index contributed by atoms with van der Waals surface area (Å²) >= 11 is 3.17. The summed E-state index contributed by atoms with van der Waals surface area (Å²) in [6.45, 7) is 6.62. The molecule has 26 heavy (non-hydrogen) atoms. The van der Waals surface area contributed by atoms with Crippen LogP contribution in [0.5, 0.6) is 0 Å². The third kappa shape index (κ3) is 4.54. The molecule has 3 rings (SSSR count). The molecular weight excluding hydrogens is 360 g/mol. The van der Waals surface area contributed by atoms with E-state index in [-0.39, 0.29) is 5.91 Å². The van der Waals surface area contributed by atoms with E-state index in [9.17, 15) is 4.79 Å². The van der Waals surface area contributed by atoms with Crippen LogP contribution in [-0.4, -0.2) is 16.2 Å². The van der Waals surface area contributed by atoms with Gasteiger partial charge in [0.25, 0.3) is 5.91 Å². The lowest BCUT2D eigenvalue weighted by Crippen LogP contribution is -2.16. The molecule has 0 atom stereocenters. The van der Waals surface area contributed by atoms with Crippen molar-refractivity contribution < 1.29 is 4.79 Å². The Morgan fingerprint density at radius 2 is 2.04 bits per heavy atom. The van der Waals surface area contributed by atoms with Crippen LogP contribution in [0.2, 0.25) is 0 Å². The van der Waals surface area contributed by atoms with Crippen LogP contribution in [0.4, 0.5) is 0 Å². The molecule has 0 spiro atoms. The number of aromatic nitrogens is 1. The van der Waals surface area contributed by atoms with Gasteiger partial charge in [0.15, 0.2) is 4.80 Å². The fraction of sp³-hybridized carbons (Fsp3) is 0.238.